The molecule has 0 saturated heterocycles. The van der Waals surface area contributed by atoms with Gasteiger partial charge in [-0.25, -0.2) is 0 Å². The average Bonchev–Trinajstić information content (AvgIpc) is 2.51. The Morgan fingerprint density at radius 3 is 2.20 bits per heavy atom. The number of oxime groups is 1. The maximum Gasteiger partial charge on any atom is 0.0576 e. The molecule has 1 N–H and O–H groups in total. The van der Waals surface area contributed by atoms with Crippen LogP contribution in [-0.2, 0) is 0 Å². The van der Waals surface area contributed by atoms with Gasteiger partial charge in [-0.1, -0.05) is 69.1 Å². The van der Waals surface area contributed by atoms with Crippen molar-refractivity contribution in [1.29, 1.82) is 0 Å². The Morgan fingerprint density at radius 1 is 1.15 bits per heavy atom. The molecular formula is C18H31NO. The first-order valence-electron chi connectivity index (χ1n) is 7.97. The summed E-state index contributed by atoms with van der Waals surface area (Å²) < 4.78 is 0. The van der Waals surface area contributed by atoms with Crippen LogP contribution in [0, 0.1) is 6.92 Å². The van der Waals surface area contributed by atoms with E-state index in [9.17, 15) is 0 Å². The van der Waals surface area contributed by atoms with E-state index in [1.807, 2.05) is 13.8 Å². The van der Waals surface area contributed by atoms with Crippen LogP contribution in [0.5, 0.6) is 0 Å². The summed E-state index contributed by atoms with van der Waals surface area (Å²) in [6, 6.07) is 8.69. The fraction of sp³-hybridized carbons (Fsp3) is 0.611. The van der Waals surface area contributed by atoms with Gasteiger partial charge in [-0.15, -0.1) is 0 Å². The van der Waals surface area contributed by atoms with Gasteiger partial charge < -0.3 is 5.21 Å². The molecule has 0 spiro atoms. The molecular weight excluding hydrogens is 246 g/mol. The zero-order valence-electron chi connectivity index (χ0n) is 13.8. The Morgan fingerprint density at radius 2 is 1.70 bits per heavy atom. The van der Waals surface area contributed by atoms with Gasteiger partial charge in [0.1, 0.15) is 0 Å². The molecule has 2 nitrogen and oxygen atoms in total. The molecule has 1 aliphatic rings. The molecule has 2 rings (SSSR count). The number of hydrogen-bond donors (Lipinski definition) is 1. The summed E-state index contributed by atoms with van der Waals surface area (Å²) in [7, 11) is 0. The zero-order chi connectivity index (χ0) is 15.4. The van der Waals surface area contributed by atoms with Crippen LogP contribution in [0.15, 0.2) is 29.4 Å². The Balaban J connectivity index is 0.000000641. The maximum atomic E-state index is 8.79. The lowest BCUT2D eigenvalue weighted by molar-refractivity contribution is 0.313. The number of aryl methyl sites for hydroxylation is 1. The summed E-state index contributed by atoms with van der Waals surface area (Å²) in [5.74, 6) is 0.547. The molecule has 1 aromatic rings. The third-order valence-corrected chi connectivity index (χ3v) is 3.19. The lowest BCUT2D eigenvalue weighted by Gasteiger charge is -2.22. The van der Waals surface area contributed by atoms with Crippen LogP contribution in [-0.4, -0.2) is 10.9 Å². The monoisotopic (exact) mass is 277 g/mol. The highest BCUT2D eigenvalue weighted by Gasteiger charge is 2.19. The highest BCUT2D eigenvalue weighted by molar-refractivity contribution is 5.85. The van der Waals surface area contributed by atoms with Crippen LogP contribution in [0.3, 0.4) is 0 Å². The van der Waals surface area contributed by atoms with Gasteiger partial charge in [0.25, 0.3) is 0 Å². The third-order valence-electron chi connectivity index (χ3n) is 3.19. The molecule has 114 valence electrons. The van der Waals surface area contributed by atoms with Crippen LogP contribution < -0.4 is 0 Å². The van der Waals surface area contributed by atoms with Crippen molar-refractivity contribution >= 4 is 5.71 Å². The first-order valence-corrected chi connectivity index (χ1v) is 7.97. The van der Waals surface area contributed by atoms with E-state index in [4.69, 9.17) is 5.21 Å². The van der Waals surface area contributed by atoms with Gasteiger partial charge in [0, 0.05) is 0 Å². The number of benzene rings is 1. The van der Waals surface area contributed by atoms with E-state index in [0.29, 0.717) is 5.92 Å². The first kappa shape index (κ1) is 18.7. The van der Waals surface area contributed by atoms with Crippen LogP contribution in [0.1, 0.15) is 76.8 Å². The van der Waals surface area contributed by atoms with Gasteiger partial charge in [-0.05, 0) is 44.1 Å². The van der Waals surface area contributed by atoms with E-state index in [2.05, 4.69) is 50.2 Å². The minimum atomic E-state index is 0.547. The SMILES string of the molecule is CC.CCC.Cc1ccc(C2CCC/C(=N\O)C2)cc1. The molecule has 1 atom stereocenters. The molecule has 1 saturated carbocycles. The van der Waals surface area contributed by atoms with Crippen LogP contribution in [0.4, 0.5) is 0 Å². The fourth-order valence-electron chi connectivity index (χ4n) is 2.26. The molecule has 0 bridgehead atoms. The highest BCUT2D eigenvalue weighted by atomic mass is 16.4. The summed E-state index contributed by atoms with van der Waals surface area (Å²) in [5, 5.41) is 12.1. The fourth-order valence-corrected chi connectivity index (χ4v) is 2.26. The largest absolute Gasteiger partial charge is 0.411 e. The van der Waals surface area contributed by atoms with E-state index < -0.39 is 0 Å². The molecule has 0 radical (unpaired) electrons. The van der Waals surface area contributed by atoms with E-state index in [-0.39, 0.29) is 0 Å². The van der Waals surface area contributed by atoms with E-state index >= 15 is 0 Å². The second-order valence-corrected chi connectivity index (χ2v) is 5.08. The summed E-state index contributed by atoms with van der Waals surface area (Å²) in [4.78, 5) is 0. The predicted molar refractivity (Wildman–Crippen MR) is 88.9 cm³/mol. The standard InChI is InChI=1S/C13H17NO.C3H8.C2H6/c1-10-5-7-11(8-6-10)12-3-2-4-13(9-12)14-15;1-3-2;1-2/h5-8,12,15H,2-4,9H2,1H3;3H2,1-2H3;1-2H3/b14-13+;;. The predicted octanol–water partition coefficient (Wildman–Crippen LogP) is 5.93. The minimum Gasteiger partial charge on any atom is -0.411 e. The molecule has 0 aliphatic heterocycles. The number of rotatable bonds is 1. The van der Waals surface area contributed by atoms with Crippen LogP contribution >= 0.6 is 0 Å². The zero-order valence-corrected chi connectivity index (χ0v) is 13.8. The first-order chi connectivity index (χ1) is 9.71. The number of hydrogen-bond acceptors (Lipinski definition) is 2. The van der Waals surface area contributed by atoms with Gasteiger partial charge in [0.15, 0.2) is 0 Å². The molecule has 1 aromatic carbocycles. The molecule has 1 aliphatic carbocycles. The van der Waals surface area contributed by atoms with Crippen molar-refractivity contribution in [2.75, 3.05) is 0 Å². The lowest BCUT2D eigenvalue weighted by atomic mass is 9.83. The molecule has 1 fully saturated rings. The Labute approximate surface area is 124 Å². The van der Waals surface area contributed by atoms with Crippen LogP contribution in [0.25, 0.3) is 0 Å². The van der Waals surface area contributed by atoms with Gasteiger partial charge in [-0.2, -0.15) is 0 Å². The molecule has 0 heterocycles. The maximum absolute atomic E-state index is 8.79. The normalized spacial score (nSPS) is 19.4. The van der Waals surface area contributed by atoms with Gasteiger partial charge in [0.05, 0.1) is 5.71 Å². The lowest BCUT2D eigenvalue weighted by Crippen LogP contribution is -2.13. The van der Waals surface area contributed by atoms with E-state index in [1.165, 1.54) is 24.0 Å². The van der Waals surface area contributed by atoms with Gasteiger partial charge >= 0.3 is 0 Å². The van der Waals surface area contributed by atoms with E-state index in [0.717, 1.165) is 25.0 Å². The van der Waals surface area contributed by atoms with Crippen LogP contribution in [0.2, 0.25) is 0 Å². The summed E-state index contributed by atoms with van der Waals surface area (Å²) in [6.07, 6.45) is 5.47. The molecule has 20 heavy (non-hydrogen) atoms. The molecule has 0 amide bonds. The van der Waals surface area contributed by atoms with Crippen molar-refractivity contribution in [1.82, 2.24) is 0 Å². The second kappa shape index (κ2) is 11.5. The Bertz CT molecular complexity index is 368. The van der Waals surface area contributed by atoms with Crippen molar-refractivity contribution in [2.24, 2.45) is 5.16 Å². The molecule has 0 aromatic heterocycles. The molecule has 2 heteroatoms. The van der Waals surface area contributed by atoms with E-state index in [1.54, 1.807) is 0 Å². The smallest absolute Gasteiger partial charge is 0.0576 e. The average molecular weight is 277 g/mol. The highest BCUT2D eigenvalue weighted by Crippen LogP contribution is 2.31. The summed E-state index contributed by atoms with van der Waals surface area (Å²) in [6.45, 7) is 10.4. The quantitative estimate of drug-likeness (QED) is 0.501. The van der Waals surface area contributed by atoms with Crippen molar-refractivity contribution in [3.05, 3.63) is 35.4 Å². The minimum absolute atomic E-state index is 0.547. The van der Waals surface area contributed by atoms with Gasteiger partial charge in [-0.3, -0.25) is 0 Å². The molecule has 1 unspecified atom stereocenters. The topological polar surface area (TPSA) is 32.6 Å². The second-order valence-electron chi connectivity index (χ2n) is 5.08. The summed E-state index contributed by atoms with van der Waals surface area (Å²) >= 11 is 0. The van der Waals surface area contributed by atoms with Crippen molar-refractivity contribution in [3.63, 3.8) is 0 Å². The third kappa shape index (κ3) is 6.74. The Kier molecular flexibility index (Phi) is 10.8. The van der Waals surface area contributed by atoms with Crippen molar-refractivity contribution in [3.8, 4) is 0 Å². The van der Waals surface area contributed by atoms with Crippen molar-refractivity contribution in [2.45, 2.75) is 72.6 Å². The Hall–Kier alpha value is -1.31. The number of nitrogens with zero attached hydrogens (tertiary/aromatic N) is 1. The summed E-state index contributed by atoms with van der Waals surface area (Å²) in [5.41, 5.74) is 3.62. The van der Waals surface area contributed by atoms with Gasteiger partial charge in [0.2, 0.25) is 0 Å². The van der Waals surface area contributed by atoms with Crippen molar-refractivity contribution < 1.29 is 5.21 Å².